The van der Waals surface area contributed by atoms with Gasteiger partial charge in [-0.3, -0.25) is 0 Å². The van der Waals surface area contributed by atoms with E-state index in [1.165, 1.54) is 12.8 Å². The zero-order valence-electron chi connectivity index (χ0n) is 16.3. The second-order valence-electron chi connectivity index (χ2n) is 7.27. The molecule has 0 aliphatic heterocycles. The normalized spacial score (nSPS) is 14.4. The number of hydrogen-bond acceptors (Lipinski definition) is 4. The lowest BCUT2D eigenvalue weighted by Crippen LogP contribution is -2.43. The monoisotopic (exact) mass is 330 g/mol. The van der Waals surface area contributed by atoms with E-state index < -0.39 is 5.60 Å². The predicted octanol–water partition coefficient (Wildman–Crippen LogP) is 3.67. The van der Waals surface area contributed by atoms with Crippen molar-refractivity contribution < 1.29 is 14.3 Å². The van der Waals surface area contributed by atoms with Crippen molar-refractivity contribution >= 4 is 6.09 Å². The highest BCUT2D eigenvalue weighted by molar-refractivity contribution is 5.68. The molecule has 0 aliphatic rings. The van der Waals surface area contributed by atoms with Gasteiger partial charge in [-0.15, -0.1) is 0 Å². The first-order valence-corrected chi connectivity index (χ1v) is 8.93. The van der Waals surface area contributed by atoms with Crippen molar-refractivity contribution in [2.75, 3.05) is 33.4 Å². The molecule has 0 aliphatic carbocycles. The summed E-state index contributed by atoms with van der Waals surface area (Å²) in [5.41, 5.74) is -0.474. The number of carbonyl (C=O) groups excluding carboxylic acids is 1. The molecule has 0 aromatic rings. The number of ether oxygens (including phenoxy) is 2. The number of nitrogens with one attached hydrogen (secondary N) is 1. The molecule has 0 bridgehead atoms. The van der Waals surface area contributed by atoms with Crippen molar-refractivity contribution in [1.82, 2.24) is 10.2 Å². The molecule has 23 heavy (non-hydrogen) atoms. The first kappa shape index (κ1) is 22.2. The predicted molar refractivity (Wildman–Crippen MR) is 95.8 cm³/mol. The van der Waals surface area contributed by atoms with Gasteiger partial charge in [-0.25, -0.2) is 4.79 Å². The van der Waals surface area contributed by atoms with Gasteiger partial charge in [0.15, 0.2) is 0 Å². The lowest BCUT2D eigenvalue weighted by atomic mass is 9.98. The van der Waals surface area contributed by atoms with Crippen molar-refractivity contribution in [3.63, 3.8) is 0 Å². The fourth-order valence-electron chi connectivity index (χ4n) is 2.27. The van der Waals surface area contributed by atoms with Crippen LogP contribution in [0.15, 0.2) is 0 Å². The minimum absolute atomic E-state index is 0.272. The summed E-state index contributed by atoms with van der Waals surface area (Å²) in [6.07, 6.45) is 3.22. The molecule has 5 nitrogen and oxygen atoms in total. The summed E-state index contributed by atoms with van der Waals surface area (Å²) in [4.78, 5) is 14.0. The Kier molecular flexibility index (Phi) is 11.3. The SMILES string of the molecule is CCC(C)CC(CC)NCCN(CCOC)C(=O)OC(C)(C)C. The third-order valence-corrected chi connectivity index (χ3v) is 3.91. The van der Waals surface area contributed by atoms with Gasteiger partial charge < -0.3 is 19.7 Å². The van der Waals surface area contributed by atoms with Crippen molar-refractivity contribution in [3.8, 4) is 0 Å². The molecule has 0 fully saturated rings. The van der Waals surface area contributed by atoms with Crippen LogP contribution < -0.4 is 5.32 Å². The molecule has 2 unspecified atom stereocenters. The molecular weight excluding hydrogens is 292 g/mol. The Morgan fingerprint density at radius 1 is 1.17 bits per heavy atom. The summed E-state index contributed by atoms with van der Waals surface area (Å²) >= 11 is 0. The summed E-state index contributed by atoms with van der Waals surface area (Å²) in [6.45, 7) is 14.9. The molecule has 5 heteroatoms. The van der Waals surface area contributed by atoms with Crippen molar-refractivity contribution in [1.29, 1.82) is 0 Å². The highest BCUT2D eigenvalue weighted by atomic mass is 16.6. The van der Waals surface area contributed by atoms with E-state index in [1.54, 1.807) is 12.0 Å². The zero-order chi connectivity index (χ0) is 17.9. The molecule has 1 amide bonds. The molecule has 0 radical (unpaired) electrons. The number of hydrogen-bond donors (Lipinski definition) is 1. The number of rotatable bonds is 11. The van der Waals surface area contributed by atoms with E-state index >= 15 is 0 Å². The van der Waals surface area contributed by atoms with Gasteiger partial charge in [0.25, 0.3) is 0 Å². The highest BCUT2D eigenvalue weighted by Crippen LogP contribution is 2.12. The van der Waals surface area contributed by atoms with Gasteiger partial charge >= 0.3 is 6.09 Å². The third kappa shape index (κ3) is 11.4. The van der Waals surface area contributed by atoms with Gasteiger partial charge in [-0.1, -0.05) is 27.2 Å². The van der Waals surface area contributed by atoms with Gasteiger partial charge in [0.2, 0.25) is 0 Å². The van der Waals surface area contributed by atoms with Gasteiger partial charge in [0.05, 0.1) is 6.61 Å². The Morgan fingerprint density at radius 2 is 1.83 bits per heavy atom. The van der Waals surface area contributed by atoms with E-state index in [0.717, 1.165) is 18.9 Å². The molecular formula is C18H38N2O3. The summed E-state index contributed by atoms with van der Waals surface area (Å²) in [7, 11) is 1.64. The first-order valence-electron chi connectivity index (χ1n) is 8.93. The molecule has 0 heterocycles. The second-order valence-corrected chi connectivity index (χ2v) is 7.27. The largest absolute Gasteiger partial charge is 0.444 e. The number of nitrogens with zero attached hydrogens (tertiary/aromatic N) is 1. The fraction of sp³-hybridized carbons (Fsp3) is 0.944. The first-order chi connectivity index (χ1) is 10.7. The Balaban J connectivity index is 4.39. The van der Waals surface area contributed by atoms with Crippen LogP contribution in [0.25, 0.3) is 0 Å². The topological polar surface area (TPSA) is 50.8 Å². The number of methoxy groups -OCH3 is 1. The second kappa shape index (κ2) is 11.7. The van der Waals surface area contributed by atoms with Gasteiger partial charge in [0, 0.05) is 32.8 Å². The summed E-state index contributed by atoms with van der Waals surface area (Å²) in [5, 5.41) is 3.57. The van der Waals surface area contributed by atoms with Crippen LogP contribution in [0.3, 0.4) is 0 Å². The van der Waals surface area contributed by atoms with Crippen LogP contribution in [0, 0.1) is 5.92 Å². The molecule has 0 saturated carbocycles. The van der Waals surface area contributed by atoms with E-state index in [9.17, 15) is 4.79 Å². The summed E-state index contributed by atoms with van der Waals surface area (Å²) in [6, 6.07) is 0.507. The van der Waals surface area contributed by atoms with Crippen molar-refractivity contribution in [3.05, 3.63) is 0 Å². The maximum atomic E-state index is 12.3. The van der Waals surface area contributed by atoms with E-state index in [4.69, 9.17) is 9.47 Å². The lowest BCUT2D eigenvalue weighted by Gasteiger charge is -2.28. The average molecular weight is 331 g/mol. The Labute approximate surface area is 143 Å². The fourth-order valence-corrected chi connectivity index (χ4v) is 2.27. The van der Waals surface area contributed by atoms with E-state index in [-0.39, 0.29) is 6.09 Å². The summed E-state index contributed by atoms with van der Waals surface area (Å²) in [5.74, 6) is 0.725. The van der Waals surface area contributed by atoms with E-state index in [0.29, 0.717) is 25.7 Å². The standard InChI is InChI=1S/C18H38N2O3/c1-8-15(3)14-16(9-2)19-10-11-20(12-13-22-7)17(21)23-18(4,5)6/h15-16,19H,8-14H2,1-7H3. The van der Waals surface area contributed by atoms with Crippen LogP contribution in [-0.4, -0.2) is 56.0 Å². The highest BCUT2D eigenvalue weighted by Gasteiger charge is 2.22. The van der Waals surface area contributed by atoms with Crippen LogP contribution in [0.2, 0.25) is 0 Å². The smallest absolute Gasteiger partial charge is 0.410 e. The molecule has 2 atom stereocenters. The molecule has 0 aromatic heterocycles. The molecule has 0 spiro atoms. The Bertz CT molecular complexity index is 316. The molecule has 0 rings (SSSR count). The maximum Gasteiger partial charge on any atom is 0.410 e. The van der Waals surface area contributed by atoms with Crippen LogP contribution in [-0.2, 0) is 9.47 Å². The van der Waals surface area contributed by atoms with Crippen LogP contribution in [0.4, 0.5) is 4.79 Å². The van der Waals surface area contributed by atoms with E-state index in [1.807, 2.05) is 20.8 Å². The molecule has 1 N–H and O–H groups in total. The van der Waals surface area contributed by atoms with Crippen molar-refractivity contribution in [2.45, 2.75) is 72.4 Å². The average Bonchev–Trinajstić information content (AvgIpc) is 2.47. The van der Waals surface area contributed by atoms with Gasteiger partial charge in [-0.2, -0.15) is 0 Å². The number of amides is 1. The molecule has 138 valence electrons. The maximum absolute atomic E-state index is 12.3. The summed E-state index contributed by atoms with van der Waals surface area (Å²) < 4.78 is 10.6. The lowest BCUT2D eigenvalue weighted by molar-refractivity contribution is 0.0202. The Morgan fingerprint density at radius 3 is 2.30 bits per heavy atom. The Hall–Kier alpha value is -0.810. The van der Waals surface area contributed by atoms with Crippen LogP contribution in [0.5, 0.6) is 0 Å². The van der Waals surface area contributed by atoms with Gasteiger partial charge in [-0.05, 0) is 39.5 Å². The number of carbonyl (C=O) groups is 1. The molecule has 0 saturated heterocycles. The third-order valence-electron chi connectivity index (χ3n) is 3.91. The van der Waals surface area contributed by atoms with E-state index in [2.05, 4.69) is 26.1 Å². The minimum atomic E-state index is -0.474. The van der Waals surface area contributed by atoms with Crippen LogP contribution >= 0.6 is 0 Å². The van der Waals surface area contributed by atoms with Gasteiger partial charge in [0.1, 0.15) is 5.60 Å². The zero-order valence-corrected chi connectivity index (χ0v) is 16.3. The van der Waals surface area contributed by atoms with Crippen LogP contribution in [0.1, 0.15) is 60.8 Å². The van der Waals surface area contributed by atoms with Crippen molar-refractivity contribution in [2.24, 2.45) is 5.92 Å². The minimum Gasteiger partial charge on any atom is -0.444 e. The molecule has 0 aromatic carbocycles. The quantitative estimate of drug-likeness (QED) is 0.628.